The van der Waals surface area contributed by atoms with E-state index >= 15 is 0 Å². The number of nitrogens with one attached hydrogen (secondary N) is 1. The fourth-order valence-corrected chi connectivity index (χ4v) is 7.32. The fourth-order valence-electron chi connectivity index (χ4n) is 4.46. The number of hydrogen-bond acceptors (Lipinski definition) is 5. The van der Waals surface area contributed by atoms with Gasteiger partial charge in [0, 0.05) is 27.3 Å². The predicted molar refractivity (Wildman–Crippen MR) is 118 cm³/mol. The highest BCUT2D eigenvalue weighted by Gasteiger charge is 2.72. The lowest BCUT2D eigenvalue weighted by Crippen LogP contribution is -2.46. The first-order chi connectivity index (χ1) is 14.8. The van der Waals surface area contributed by atoms with E-state index in [0.717, 1.165) is 27.3 Å². The molecule has 160 valence electrons. The van der Waals surface area contributed by atoms with Gasteiger partial charge in [0.25, 0.3) is 10.0 Å². The number of carboxylic acids is 1. The number of carbonyl (C=O) groups is 1. The molecule has 31 heavy (non-hydrogen) atoms. The minimum atomic E-state index is -4.05. The van der Waals surface area contributed by atoms with Gasteiger partial charge in [-0.05, 0) is 42.3 Å². The second-order valence-corrected chi connectivity index (χ2v) is 11.1. The lowest BCUT2D eigenvalue weighted by Gasteiger charge is -2.18. The Morgan fingerprint density at radius 2 is 1.87 bits per heavy atom. The second-order valence-electron chi connectivity index (χ2n) is 7.66. The van der Waals surface area contributed by atoms with E-state index in [9.17, 15) is 18.3 Å². The molecule has 0 saturated heterocycles. The summed E-state index contributed by atoms with van der Waals surface area (Å²) >= 11 is 7.02. The van der Waals surface area contributed by atoms with Crippen LogP contribution in [0, 0.1) is 5.92 Å². The van der Waals surface area contributed by atoms with Crippen LogP contribution < -0.4 is 9.46 Å². The first kappa shape index (κ1) is 20.5. The van der Waals surface area contributed by atoms with Gasteiger partial charge in [0.05, 0.1) is 6.61 Å². The van der Waals surface area contributed by atoms with Crippen LogP contribution in [0.25, 0.3) is 10.4 Å². The molecular formula is C22H18ClNO5S2. The van der Waals surface area contributed by atoms with Gasteiger partial charge in [0.1, 0.15) is 15.5 Å². The van der Waals surface area contributed by atoms with E-state index < -0.39 is 27.4 Å². The summed E-state index contributed by atoms with van der Waals surface area (Å²) in [6.45, 7) is 0.342. The van der Waals surface area contributed by atoms with Gasteiger partial charge >= 0.3 is 5.97 Å². The van der Waals surface area contributed by atoms with Gasteiger partial charge in [0.2, 0.25) is 0 Å². The Hall–Kier alpha value is -2.39. The molecule has 1 aromatic heterocycles. The number of para-hydroxylation sites is 1. The standard InChI is InChI=1S/C22H18ClNO5S2/c23-14-7-5-13(6-8-14)18-9-10-19(30-18)31(27,28)24-22(21(25)26)16-11-12-29-17-4-2-1-3-15(17)20(16)22/h1-10,16,20,24H,11-12H2,(H,25,26). The fraction of sp³-hybridized carbons (Fsp3) is 0.227. The van der Waals surface area contributed by atoms with Crippen molar-refractivity contribution >= 4 is 38.9 Å². The molecule has 2 aromatic carbocycles. The monoisotopic (exact) mass is 475 g/mol. The SMILES string of the molecule is O=C(O)C1(NS(=O)(=O)c2ccc(-c3ccc(Cl)cc3)s2)C2CCOc3ccccc3C21. The van der Waals surface area contributed by atoms with E-state index in [2.05, 4.69) is 4.72 Å². The van der Waals surface area contributed by atoms with Crippen molar-refractivity contribution in [3.8, 4) is 16.2 Å². The van der Waals surface area contributed by atoms with Crippen LogP contribution in [-0.4, -0.2) is 31.6 Å². The Kier molecular flexibility index (Phi) is 4.86. The van der Waals surface area contributed by atoms with Gasteiger partial charge in [-0.25, -0.2) is 8.42 Å². The maximum atomic E-state index is 13.2. The molecule has 2 heterocycles. The molecule has 3 atom stereocenters. The summed E-state index contributed by atoms with van der Waals surface area (Å²) in [6.07, 6.45) is 0.453. The average Bonchev–Trinajstić information content (AvgIpc) is 3.14. The topological polar surface area (TPSA) is 92.7 Å². The van der Waals surface area contributed by atoms with Crippen molar-refractivity contribution in [3.05, 3.63) is 71.2 Å². The predicted octanol–water partition coefficient (Wildman–Crippen LogP) is 4.37. The summed E-state index contributed by atoms with van der Waals surface area (Å²) < 4.78 is 34.8. The third-order valence-corrected chi connectivity index (χ3v) is 9.30. The quantitative estimate of drug-likeness (QED) is 0.571. The van der Waals surface area contributed by atoms with E-state index in [1.165, 1.54) is 6.07 Å². The first-order valence-corrected chi connectivity index (χ1v) is 12.4. The molecule has 0 spiro atoms. The van der Waals surface area contributed by atoms with Crippen LogP contribution in [0.1, 0.15) is 17.9 Å². The minimum absolute atomic E-state index is 0.0732. The van der Waals surface area contributed by atoms with E-state index in [1.807, 2.05) is 24.3 Å². The molecular weight excluding hydrogens is 458 g/mol. The lowest BCUT2D eigenvalue weighted by atomic mass is 10.1. The molecule has 1 aliphatic heterocycles. The van der Waals surface area contributed by atoms with Crippen molar-refractivity contribution in [3.63, 3.8) is 0 Å². The maximum Gasteiger partial charge on any atom is 0.325 e. The van der Waals surface area contributed by atoms with E-state index in [1.54, 1.807) is 30.3 Å². The van der Waals surface area contributed by atoms with Crippen molar-refractivity contribution < 1.29 is 23.1 Å². The number of sulfonamides is 1. The highest BCUT2D eigenvalue weighted by atomic mass is 35.5. The highest BCUT2D eigenvalue weighted by molar-refractivity contribution is 7.91. The van der Waals surface area contributed by atoms with Gasteiger partial charge in [-0.2, -0.15) is 4.72 Å². The van der Waals surface area contributed by atoms with Gasteiger partial charge < -0.3 is 9.84 Å². The summed E-state index contributed by atoms with van der Waals surface area (Å²) in [7, 11) is -4.05. The summed E-state index contributed by atoms with van der Waals surface area (Å²) in [5, 5.41) is 10.7. The molecule has 5 rings (SSSR count). The molecule has 3 aromatic rings. The molecule has 0 radical (unpaired) electrons. The van der Waals surface area contributed by atoms with Crippen molar-refractivity contribution in [1.29, 1.82) is 0 Å². The summed E-state index contributed by atoms with van der Waals surface area (Å²) in [5.41, 5.74) is -0.0158. The third kappa shape index (κ3) is 3.34. The molecule has 1 aliphatic carbocycles. The van der Waals surface area contributed by atoms with Crippen LogP contribution in [0.4, 0.5) is 0 Å². The molecule has 3 unspecified atom stereocenters. The largest absolute Gasteiger partial charge is 0.493 e. The van der Waals surface area contributed by atoms with E-state index in [-0.39, 0.29) is 10.1 Å². The zero-order valence-electron chi connectivity index (χ0n) is 16.1. The number of benzene rings is 2. The normalized spacial score (nSPS) is 24.4. The smallest absolute Gasteiger partial charge is 0.325 e. The average molecular weight is 476 g/mol. The van der Waals surface area contributed by atoms with Crippen molar-refractivity contribution in [1.82, 2.24) is 4.72 Å². The zero-order valence-corrected chi connectivity index (χ0v) is 18.5. The number of carboxylic acid groups (broad SMARTS) is 1. The van der Waals surface area contributed by atoms with E-state index in [4.69, 9.17) is 16.3 Å². The van der Waals surface area contributed by atoms with Gasteiger partial charge in [-0.1, -0.05) is 41.9 Å². The van der Waals surface area contributed by atoms with Crippen LogP contribution in [0.5, 0.6) is 5.75 Å². The van der Waals surface area contributed by atoms with Crippen LogP contribution >= 0.6 is 22.9 Å². The molecule has 2 N–H and O–H groups in total. The minimum Gasteiger partial charge on any atom is -0.493 e. The number of fused-ring (bicyclic) bond motifs is 3. The van der Waals surface area contributed by atoms with Gasteiger partial charge in [-0.15, -0.1) is 11.3 Å². The third-order valence-electron chi connectivity index (χ3n) is 5.94. The Bertz CT molecular complexity index is 1270. The van der Waals surface area contributed by atoms with Gasteiger partial charge in [0.15, 0.2) is 0 Å². The van der Waals surface area contributed by atoms with Crippen molar-refractivity contribution in [2.24, 2.45) is 5.92 Å². The number of hydrogen-bond donors (Lipinski definition) is 2. The molecule has 1 saturated carbocycles. The van der Waals surface area contributed by atoms with Gasteiger partial charge in [-0.3, -0.25) is 4.79 Å². The number of ether oxygens (including phenoxy) is 1. The number of thiophene rings is 1. The lowest BCUT2D eigenvalue weighted by molar-refractivity contribution is -0.140. The highest BCUT2D eigenvalue weighted by Crippen LogP contribution is 2.62. The summed E-state index contributed by atoms with van der Waals surface area (Å²) in [5.74, 6) is -1.41. The van der Waals surface area contributed by atoms with Crippen molar-refractivity contribution in [2.45, 2.75) is 22.1 Å². The Morgan fingerprint density at radius 1 is 1.13 bits per heavy atom. The van der Waals surface area contributed by atoms with Crippen molar-refractivity contribution in [2.75, 3.05) is 6.61 Å². The maximum absolute atomic E-state index is 13.2. The first-order valence-electron chi connectivity index (χ1n) is 9.68. The molecule has 6 nitrogen and oxygen atoms in total. The second kappa shape index (κ2) is 7.34. The Labute approximate surface area is 188 Å². The van der Waals surface area contributed by atoms with Crippen LogP contribution in [0.2, 0.25) is 5.02 Å². The Balaban J connectivity index is 1.48. The number of aliphatic carboxylic acids is 1. The molecule has 0 bridgehead atoms. The van der Waals surface area contributed by atoms with Crippen LogP contribution in [0.15, 0.2) is 64.9 Å². The van der Waals surface area contributed by atoms with E-state index in [0.29, 0.717) is 23.8 Å². The van der Waals surface area contributed by atoms with Crippen LogP contribution in [0.3, 0.4) is 0 Å². The van der Waals surface area contributed by atoms with Crippen LogP contribution in [-0.2, 0) is 14.8 Å². The molecule has 0 amide bonds. The Morgan fingerprint density at radius 3 is 2.61 bits per heavy atom. The molecule has 1 fully saturated rings. The molecule has 2 aliphatic rings. The summed E-state index contributed by atoms with van der Waals surface area (Å²) in [4.78, 5) is 13.1. The number of rotatable bonds is 5. The summed E-state index contributed by atoms with van der Waals surface area (Å²) in [6, 6.07) is 17.5. The molecule has 9 heteroatoms. The zero-order chi connectivity index (χ0) is 21.8. The number of halogens is 1.